The van der Waals surface area contributed by atoms with Crippen LogP contribution in [0, 0.1) is 0 Å². The highest BCUT2D eigenvalue weighted by Crippen LogP contribution is 2.27. The molecule has 1 fully saturated rings. The highest BCUT2D eigenvalue weighted by atomic mass is 32.1. The Labute approximate surface area is 178 Å². The van der Waals surface area contributed by atoms with E-state index in [9.17, 15) is 4.79 Å². The fourth-order valence-corrected chi connectivity index (χ4v) is 4.64. The van der Waals surface area contributed by atoms with Crippen LogP contribution in [-0.2, 0) is 11.2 Å². The van der Waals surface area contributed by atoms with E-state index >= 15 is 0 Å². The molecule has 0 saturated carbocycles. The van der Waals surface area contributed by atoms with Crippen LogP contribution in [0.15, 0.2) is 60.2 Å². The van der Waals surface area contributed by atoms with Gasteiger partial charge < -0.3 is 10.1 Å². The minimum absolute atomic E-state index is 0.0597. The lowest BCUT2D eigenvalue weighted by Crippen LogP contribution is -2.40. The van der Waals surface area contributed by atoms with Crippen molar-refractivity contribution in [3.63, 3.8) is 0 Å². The Balaban J connectivity index is 1.39. The lowest BCUT2D eigenvalue weighted by atomic mass is 10.0. The van der Waals surface area contributed by atoms with Crippen LogP contribution in [0.1, 0.15) is 34.5 Å². The van der Waals surface area contributed by atoms with E-state index in [1.165, 1.54) is 5.56 Å². The fourth-order valence-electron chi connectivity index (χ4n) is 3.79. The summed E-state index contributed by atoms with van der Waals surface area (Å²) in [4.78, 5) is 17.4. The number of hydrogen-bond acceptors (Lipinski definition) is 5. The molecule has 1 aliphatic rings. The first-order valence-electron chi connectivity index (χ1n) is 10.1. The summed E-state index contributed by atoms with van der Waals surface area (Å²) in [6.45, 7) is 1.34. The van der Waals surface area contributed by atoms with Gasteiger partial charge in [-0.05, 0) is 66.1 Å². The zero-order valence-corrected chi connectivity index (χ0v) is 17.3. The van der Waals surface area contributed by atoms with Crippen molar-refractivity contribution in [2.24, 2.45) is 0 Å². The van der Waals surface area contributed by atoms with Gasteiger partial charge in [0.1, 0.15) is 5.69 Å². The minimum Gasteiger partial charge on any atom is -0.379 e. The van der Waals surface area contributed by atoms with Crippen LogP contribution in [0.5, 0.6) is 0 Å². The Morgan fingerprint density at radius 3 is 2.93 bits per heavy atom. The molecule has 1 N–H and O–H groups in total. The smallest absolute Gasteiger partial charge is 0.270 e. The third-order valence-electron chi connectivity index (χ3n) is 5.32. The maximum absolute atomic E-state index is 12.8. The molecule has 1 unspecified atom stereocenters. The Hall–Kier alpha value is -3.03. The van der Waals surface area contributed by atoms with E-state index in [0.717, 1.165) is 47.3 Å². The van der Waals surface area contributed by atoms with E-state index < -0.39 is 0 Å². The van der Waals surface area contributed by atoms with Gasteiger partial charge in [0.2, 0.25) is 0 Å². The highest BCUT2D eigenvalue weighted by Gasteiger charge is 2.19. The number of fused-ring (bicyclic) bond motifs is 1. The van der Waals surface area contributed by atoms with Crippen molar-refractivity contribution in [3.8, 4) is 5.69 Å². The zero-order chi connectivity index (χ0) is 20.3. The molecule has 30 heavy (non-hydrogen) atoms. The van der Waals surface area contributed by atoms with Gasteiger partial charge in [-0.2, -0.15) is 5.10 Å². The fraction of sp³-hybridized carbons (Fsp3) is 0.261. The summed E-state index contributed by atoms with van der Waals surface area (Å²) in [6.07, 6.45) is 6.36. The Bertz CT molecular complexity index is 1150. The quantitative estimate of drug-likeness (QED) is 0.532. The molecule has 1 aliphatic heterocycles. The summed E-state index contributed by atoms with van der Waals surface area (Å²) < 4.78 is 8.44. The second-order valence-electron chi connectivity index (χ2n) is 7.48. The number of thiophene rings is 1. The number of aromatic nitrogens is 3. The van der Waals surface area contributed by atoms with Gasteiger partial charge in [-0.1, -0.05) is 12.1 Å². The molecule has 1 amide bonds. The molecule has 6 nitrogen and oxygen atoms in total. The first kappa shape index (κ1) is 19.0. The molecule has 0 radical (unpaired) electrons. The van der Waals surface area contributed by atoms with E-state index in [4.69, 9.17) is 4.74 Å². The van der Waals surface area contributed by atoms with Crippen molar-refractivity contribution < 1.29 is 9.53 Å². The first-order valence-corrected chi connectivity index (χ1v) is 11.0. The van der Waals surface area contributed by atoms with Crippen LogP contribution < -0.4 is 5.32 Å². The number of carbonyl (C=O) groups excluding carboxylic acids is 1. The van der Waals surface area contributed by atoms with Gasteiger partial charge in [-0.25, -0.2) is 9.67 Å². The number of carbonyl (C=O) groups is 1. The molecule has 1 saturated heterocycles. The van der Waals surface area contributed by atoms with Crippen molar-refractivity contribution in [1.82, 2.24) is 20.1 Å². The van der Waals surface area contributed by atoms with Gasteiger partial charge >= 0.3 is 0 Å². The zero-order valence-electron chi connectivity index (χ0n) is 16.5. The molecule has 5 rings (SSSR count). The van der Waals surface area contributed by atoms with Crippen molar-refractivity contribution in [3.05, 3.63) is 77.1 Å². The van der Waals surface area contributed by atoms with Crippen LogP contribution in [0.3, 0.4) is 0 Å². The molecule has 1 aromatic carbocycles. The predicted molar refractivity (Wildman–Crippen MR) is 117 cm³/mol. The minimum atomic E-state index is -0.131. The third-order valence-corrected chi connectivity index (χ3v) is 6.30. The van der Waals surface area contributed by atoms with Crippen LogP contribution in [0.4, 0.5) is 0 Å². The second kappa shape index (κ2) is 8.38. The lowest BCUT2D eigenvalue weighted by Gasteiger charge is -2.23. The molecule has 4 aromatic rings. The maximum Gasteiger partial charge on any atom is 0.270 e. The van der Waals surface area contributed by atoms with Gasteiger partial charge in [0, 0.05) is 19.0 Å². The summed E-state index contributed by atoms with van der Waals surface area (Å²) in [5.41, 5.74) is 4.66. The maximum atomic E-state index is 12.8. The first-order chi connectivity index (χ1) is 14.8. The molecule has 0 spiro atoms. The van der Waals surface area contributed by atoms with E-state index in [1.807, 2.05) is 34.5 Å². The topological polar surface area (TPSA) is 69.0 Å². The number of benzene rings is 1. The van der Waals surface area contributed by atoms with Crippen LogP contribution >= 0.6 is 11.3 Å². The normalized spacial score (nSPS) is 16.6. The van der Waals surface area contributed by atoms with E-state index in [2.05, 4.69) is 39.7 Å². The molecular formula is C23H22N4O2S. The van der Waals surface area contributed by atoms with Gasteiger partial charge in [-0.15, -0.1) is 11.3 Å². The third kappa shape index (κ3) is 3.99. The lowest BCUT2D eigenvalue weighted by molar-refractivity contribution is 0.0622. The van der Waals surface area contributed by atoms with Crippen LogP contribution in [0.25, 0.3) is 15.9 Å². The number of rotatable bonds is 5. The second-order valence-corrected chi connectivity index (χ2v) is 8.40. The van der Waals surface area contributed by atoms with Crippen molar-refractivity contribution in [2.75, 3.05) is 13.2 Å². The average molecular weight is 419 g/mol. The monoisotopic (exact) mass is 418 g/mol. The molecule has 0 bridgehead atoms. The van der Waals surface area contributed by atoms with Gasteiger partial charge in [0.15, 0.2) is 0 Å². The number of pyridine rings is 1. The molecular weight excluding hydrogens is 396 g/mol. The van der Waals surface area contributed by atoms with E-state index in [0.29, 0.717) is 12.3 Å². The van der Waals surface area contributed by atoms with Gasteiger partial charge in [0.05, 0.1) is 28.6 Å². The molecule has 3 aromatic heterocycles. The molecule has 4 heterocycles. The highest BCUT2D eigenvalue weighted by molar-refractivity contribution is 7.17. The number of nitrogens with one attached hydrogen (secondary N) is 1. The number of nitrogens with zero attached hydrogens (tertiary/aromatic N) is 3. The molecule has 1 atom stereocenters. The molecule has 7 heteroatoms. The summed E-state index contributed by atoms with van der Waals surface area (Å²) >= 11 is 1.66. The van der Waals surface area contributed by atoms with E-state index in [-0.39, 0.29) is 11.9 Å². The van der Waals surface area contributed by atoms with Crippen molar-refractivity contribution >= 4 is 27.5 Å². The van der Waals surface area contributed by atoms with Gasteiger partial charge in [0.25, 0.3) is 5.91 Å². The summed E-state index contributed by atoms with van der Waals surface area (Å²) in [5, 5.41) is 9.37. The van der Waals surface area contributed by atoms with Crippen LogP contribution in [-0.4, -0.2) is 39.9 Å². The number of ether oxygens (including phenoxy) is 1. The van der Waals surface area contributed by atoms with Crippen molar-refractivity contribution in [1.29, 1.82) is 0 Å². The standard InChI is InChI=1S/C23H22N4O2S/c28-23(25-18-3-1-11-29-15-18)21-14-17(22-20(26-21)8-12-30-22)13-16-4-6-19(7-5-16)27-10-2-9-24-27/h2,4-10,12,14,18H,1,3,11,13,15H2,(H,25,28). The Morgan fingerprint density at radius 1 is 1.27 bits per heavy atom. The Kier molecular flexibility index (Phi) is 5.29. The molecule has 152 valence electrons. The number of amides is 1. The largest absolute Gasteiger partial charge is 0.379 e. The van der Waals surface area contributed by atoms with Crippen LogP contribution in [0.2, 0.25) is 0 Å². The molecule has 0 aliphatic carbocycles. The number of hydrogen-bond donors (Lipinski definition) is 1. The predicted octanol–water partition coefficient (Wildman–Crippen LogP) is 3.98. The average Bonchev–Trinajstić information content (AvgIpc) is 3.47. The van der Waals surface area contributed by atoms with E-state index in [1.54, 1.807) is 17.5 Å². The summed E-state index contributed by atoms with van der Waals surface area (Å²) in [7, 11) is 0. The van der Waals surface area contributed by atoms with Crippen molar-refractivity contribution in [2.45, 2.75) is 25.3 Å². The Morgan fingerprint density at radius 2 is 2.17 bits per heavy atom. The SMILES string of the molecule is O=C(NC1CCCOC1)c1cc(Cc2ccc(-n3cccn3)cc2)c2sccc2n1. The summed E-state index contributed by atoms with van der Waals surface area (Å²) in [6, 6.07) is 14.2. The van der Waals surface area contributed by atoms with Gasteiger partial charge in [-0.3, -0.25) is 4.79 Å². The summed E-state index contributed by atoms with van der Waals surface area (Å²) in [5.74, 6) is -0.131.